The molecule has 3 aromatic carbocycles. The van der Waals surface area contributed by atoms with Crippen molar-refractivity contribution in [1.82, 2.24) is 24.9 Å². The van der Waals surface area contributed by atoms with Crippen molar-refractivity contribution < 1.29 is 25.8 Å². The molecule has 4 heterocycles. The van der Waals surface area contributed by atoms with E-state index in [1.807, 2.05) is 109 Å². The van der Waals surface area contributed by atoms with E-state index in [9.17, 15) is 0 Å². The molecule has 3 aliphatic carbocycles. The molecular formula is C48H37BN6OPt. The molecule has 0 saturated heterocycles. The largest absolute Gasteiger partial charge is 2.00 e. The molecule has 0 amide bonds. The molecule has 278 valence electrons. The standard InChI is InChI=1S/C48H37BN6O.Pt/c1-48(2)39-25-10-9-24-38(39)42-43(48)55(47-53-45(32-16-5-3-6-17-32)52-46(54-47)33-18-7-4-8-19-33)41-27-15-29-51-44(41)49(42)35-21-14-23-37(31-35)56-36-22-13-20-34(30-36)40-26-11-12-28-50-40;/h3-31,35-36H,1-2H3;/q-2;+2. The number of rotatable bonds is 7. The maximum atomic E-state index is 6.69. The molecule has 7 nitrogen and oxygen atoms in total. The van der Waals surface area contributed by atoms with Crippen LogP contribution in [-0.2, 0) is 31.2 Å². The van der Waals surface area contributed by atoms with Gasteiger partial charge < -0.3 is 9.72 Å². The van der Waals surface area contributed by atoms with Crippen LogP contribution in [0.25, 0.3) is 33.8 Å². The minimum atomic E-state index is -0.395. The predicted molar refractivity (Wildman–Crippen MR) is 225 cm³/mol. The number of allylic oxidation sites excluding steroid dienone is 7. The van der Waals surface area contributed by atoms with E-state index < -0.39 is 5.41 Å². The SMILES string of the molecule is CC1(C)C2=C(B(C3C=CC=C(OC4C=CC=C(c5ccccn5)[CH-]4)[CH-]3)c3ncccc3N2c2nc(-c3ccccc3)nc(-c3ccccc3)n2)c2ccccc21.[Pt+2]. The van der Waals surface area contributed by atoms with Crippen LogP contribution in [0, 0.1) is 12.8 Å². The van der Waals surface area contributed by atoms with Crippen LogP contribution in [0.15, 0.2) is 176 Å². The van der Waals surface area contributed by atoms with Gasteiger partial charge in [-0.2, -0.15) is 34.1 Å². The Morgan fingerprint density at radius 1 is 0.684 bits per heavy atom. The maximum absolute atomic E-state index is 6.69. The summed E-state index contributed by atoms with van der Waals surface area (Å²) in [6.07, 6.45) is 20.5. The molecule has 6 aromatic rings. The van der Waals surface area contributed by atoms with E-state index in [0.717, 1.165) is 45.1 Å². The summed E-state index contributed by atoms with van der Waals surface area (Å²) in [5, 5.41) is 0. The van der Waals surface area contributed by atoms with E-state index in [0.29, 0.717) is 17.6 Å². The number of anilines is 2. The van der Waals surface area contributed by atoms with Crippen LogP contribution >= 0.6 is 0 Å². The quantitative estimate of drug-likeness (QED) is 0.117. The smallest absolute Gasteiger partial charge is 0.532 e. The summed E-state index contributed by atoms with van der Waals surface area (Å²) in [5.74, 6) is 2.55. The van der Waals surface area contributed by atoms with E-state index >= 15 is 0 Å². The molecule has 0 radical (unpaired) electrons. The van der Waals surface area contributed by atoms with Gasteiger partial charge in [-0.05, 0) is 46.3 Å². The van der Waals surface area contributed by atoms with E-state index in [4.69, 9.17) is 24.7 Å². The summed E-state index contributed by atoms with van der Waals surface area (Å²) >= 11 is 0. The summed E-state index contributed by atoms with van der Waals surface area (Å²) < 4.78 is 6.69. The fraction of sp³-hybridized carbons (Fsp3) is 0.104. The van der Waals surface area contributed by atoms with E-state index in [1.54, 1.807) is 0 Å². The van der Waals surface area contributed by atoms with Gasteiger partial charge in [0.15, 0.2) is 11.6 Å². The minimum absolute atomic E-state index is 0. The molecule has 2 atom stereocenters. The summed E-state index contributed by atoms with van der Waals surface area (Å²) in [7, 11) is 0. The Hall–Kier alpha value is -6.24. The Bertz CT molecular complexity index is 2560. The molecule has 0 bridgehead atoms. The first-order valence-electron chi connectivity index (χ1n) is 19.0. The maximum Gasteiger partial charge on any atom is 2.00 e. The third kappa shape index (κ3) is 6.54. The van der Waals surface area contributed by atoms with Crippen molar-refractivity contribution in [3.63, 3.8) is 0 Å². The number of aromatic nitrogens is 5. The van der Waals surface area contributed by atoms with Crippen LogP contribution in [0.4, 0.5) is 11.6 Å². The van der Waals surface area contributed by atoms with Gasteiger partial charge in [-0.3, -0.25) is 9.88 Å². The monoisotopic (exact) mass is 919 g/mol. The second-order valence-electron chi connectivity index (χ2n) is 14.8. The van der Waals surface area contributed by atoms with Crippen LogP contribution in [0.5, 0.6) is 0 Å². The second kappa shape index (κ2) is 15.0. The van der Waals surface area contributed by atoms with Gasteiger partial charge in [-0.1, -0.05) is 123 Å². The summed E-state index contributed by atoms with van der Waals surface area (Å²) in [5.41, 5.74) is 10.2. The average molecular weight is 920 g/mol. The number of hydrogen-bond acceptors (Lipinski definition) is 7. The Balaban J connectivity index is 0.00000422. The van der Waals surface area contributed by atoms with Gasteiger partial charge in [0, 0.05) is 40.2 Å². The zero-order chi connectivity index (χ0) is 37.6. The first kappa shape index (κ1) is 36.4. The van der Waals surface area contributed by atoms with Gasteiger partial charge in [0.1, 0.15) is 0 Å². The molecule has 0 N–H and O–H groups in total. The predicted octanol–water partition coefficient (Wildman–Crippen LogP) is 9.36. The van der Waals surface area contributed by atoms with Crippen LogP contribution in [0.3, 0.4) is 0 Å². The minimum Gasteiger partial charge on any atom is -0.532 e. The number of hydrogen-bond donors (Lipinski definition) is 0. The normalized spacial score (nSPS) is 18.6. The molecule has 10 rings (SSSR count). The molecule has 0 spiro atoms. The third-order valence-electron chi connectivity index (χ3n) is 11.0. The molecule has 0 saturated carbocycles. The Morgan fingerprint density at radius 2 is 1.37 bits per heavy atom. The van der Waals surface area contributed by atoms with Crippen LogP contribution < -0.4 is 10.5 Å². The number of pyridine rings is 2. The van der Waals surface area contributed by atoms with Crippen LogP contribution in [0.2, 0.25) is 5.82 Å². The van der Waals surface area contributed by atoms with Crippen molar-refractivity contribution in [2.75, 3.05) is 4.90 Å². The zero-order valence-corrected chi connectivity index (χ0v) is 33.7. The fourth-order valence-corrected chi connectivity index (χ4v) is 8.50. The Kier molecular flexibility index (Phi) is 9.59. The molecular weight excluding hydrogens is 882 g/mol. The molecule has 0 fully saturated rings. The summed E-state index contributed by atoms with van der Waals surface area (Å²) in [4.78, 5) is 27.5. The van der Waals surface area contributed by atoms with Gasteiger partial charge in [0.2, 0.25) is 12.7 Å². The van der Waals surface area contributed by atoms with Crippen molar-refractivity contribution in [3.8, 4) is 22.8 Å². The Labute approximate surface area is 348 Å². The van der Waals surface area contributed by atoms with Crippen LogP contribution in [-0.4, -0.2) is 37.7 Å². The second-order valence-corrected chi connectivity index (χ2v) is 14.8. The number of nitrogens with zero attached hydrogens (tertiary/aromatic N) is 6. The average Bonchev–Trinajstić information content (AvgIpc) is 3.49. The topological polar surface area (TPSA) is 76.9 Å². The first-order chi connectivity index (χ1) is 27.5. The van der Waals surface area contributed by atoms with Crippen molar-refractivity contribution in [1.29, 1.82) is 0 Å². The van der Waals surface area contributed by atoms with Gasteiger partial charge in [-0.25, -0.2) is 4.98 Å². The number of fused-ring (bicyclic) bond motifs is 3. The van der Waals surface area contributed by atoms with E-state index in [-0.39, 0.29) is 39.7 Å². The fourth-order valence-electron chi connectivity index (χ4n) is 8.50. The molecule has 2 unspecified atom stereocenters. The first-order valence-corrected chi connectivity index (χ1v) is 19.0. The third-order valence-corrected chi connectivity index (χ3v) is 11.0. The van der Waals surface area contributed by atoms with Gasteiger partial charge in [-0.15, -0.1) is 24.6 Å². The Morgan fingerprint density at radius 3 is 2.11 bits per heavy atom. The van der Waals surface area contributed by atoms with Gasteiger partial charge >= 0.3 is 21.1 Å². The van der Waals surface area contributed by atoms with Crippen molar-refractivity contribution >= 4 is 35.0 Å². The molecule has 3 aromatic heterocycles. The van der Waals surface area contributed by atoms with E-state index in [1.165, 1.54) is 16.6 Å². The van der Waals surface area contributed by atoms with Gasteiger partial charge in [0.25, 0.3) is 0 Å². The van der Waals surface area contributed by atoms with Crippen molar-refractivity contribution in [3.05, 3.63) is 205 Å². The van der Waals surface area contributed by atoms with Crippen molar-refractivity contribution in [2.45, 2.75) is 31.2 Å². The zero-order valence-electron chi connectivity index (χ0n) is 31.4. The van der Waals surface area contributed by atoms with E-state index in [2.05, 4.69) is 91.2 Å². The summed E-state index contributed by atoms with van der Waals surface area (Å²) in [6, 6.07) is 39.2. The molecule has 57 heavy (non-hydrogen) atoms. The van der Waals surface area contributed by atoms with Gasteiger partial charge in [0.05, 0.1) is 11.8 Å². The molecule has 1 aliphatic heterocycles. The van der Waals surface area contributed by atoms with Crippen molar-refractivity contribution in [2.24, 2.45) is 0 Å². The number of ether oxygens (including phenoxy) is 1. The summed E-state index contributed by atoms with van der Waals surface area (Å²) in [6.45, 7) is 4.51. The number of benzene rings is 3. The molecule has 9 heteroatoms. The molecule has 4 aliphatic rings. The van der Waals surface area contributed by atoms with Crippen LogP contribution in [0.1, 0.15) is 30.7 Å².